The standard InChI is InChI=1S/C25H22N4O5/c1-4-17-5-7-20(8-6-17)28-24(31)22(23(30)26-25(28)32)14-18-13-15(2)27(16(18)3)19-9-11-21(12-10-19)29(33)34/h5-14H,4H2,1-3H3,(H,26,30,32)/b22-14+. The third-order valence-corrected chi connectivity index (χ3v) is 5.79. The molecule has 0 saturated carbocycles. The summed E-state index contributed by atoms with van der Waals surface area (Å²) >= 11 is 0. The molecule has 4 rings (SSSR count). The Balaban J connectivity index is 1.72. The Morgan fingerprint density at radius 1 is 0.971 bits per heavy atom. The fraction of sp³-hybridized carbons (Fsp3) is 0.160. The number of carbonyl (C=O) groups is 3. The van der Waals surface area contributed by atoms with E-state index in [4.69, 9.17) is 0 Å². The maximum Gasteiger partial charge on any atom is 0.335 e. The molecule has 0 spiro atoms. The summed E-state index contributed by atoms with van der Waals surface area (Å²) < 4.78 is 1.87. The number of anilines is 1. The van der Waals surface area contributed by atoms with E-state index in [1.807, 2.05) is 37.5 Å². The van der Waals surface area contributed by atoms with Crippen molar-refractivity contribution in [3.63, 3.8) is 0 Å². The number of aromatic nitrogens is 1. The number of nitro benzene ring substituents is 1. The van der Waals surface area contributed by atoms with Crippen LogP contribution in [0.4, 0.5) is 16.2 Å². The van der Waals surface area contributed by atoms with Crippen LogP contribution in [0.1, 0.15) is 29.4 Å². The number of rotatable bonds is 5. The quantitative estimate of drug-likeness (QED) is 0.266. The minimum absolute atomic E-state index is 0.0187. The number of barbiturate groups is 1. The highest BCUT2D eigenvalue weighted by atomic mass is 16.6. The number of imide groups is 2. The lowest BCUT2D eigenvalue weighted by atomic mass is 10.1. The van der Waals surface area contributed by atoms with Crippen LogP contribution in [-0.2, 0) is 16.0 Å². The van der Waals surface area contributed by atoms with Crippen LogP contribution in [0.15, 0.2) is 60.2 Å². The van der Waals surface area contributed by atoms with Gasteiger partial charge in [-0.25, -0.2) is 9.69 Å². The summed E-state index contributed by atoms with van der Waals surface area (Å²) in [4.78, 5) is 49.6. The molecule has 4 amide bonds. The number of urea groups is 1. The molecule has 2 heterocycles. The highest BCUT2D eigenvalue weighted by Gasteiger charge is 2.37. The normalized spacial score (nSPS) is 15.1. The molecule has 0 atom stereocenters. The molecule has 1 saturated heterocycles. The van der Waals surface area contributed by atoms with Crippen molar-refractivity contribution in [3.8, 4) is 5.69 Å². The zero-order valence-corrected chi connectivity index (χ0v) is 18.9. The van der Waals surface area contributed by atoms with Gasteiger partial charge in [0.2, 0.25) is 0 Å². The van der Waals surface area contributed by atoms with E-state index >= 15 is 0 Å². The number of amides is 4. The average molecular weight is 458 g/mol. The van der Waals surface area contributed by atoms with Gasteiger partial charge in [0.1, 0.15) is 5.57 Å². The first-order chi connectivity index (χ1) is 16.2. The Morgan fingerprint density at radius 3 is 2.18 bits per heavy atom. The predicted molar refractivity (Wildman–Crippen MR) is 127 cm³/mol. The van der Waals surface area contributed by atoms with Gasteiger partial charge in [0.15, 0.2) is 0 Å². The van der Waals surface area contributed by atoms with Crippen molar-refractivity contribution in [3.05, 3.63) is 92.8 Å². The molecule has 0 radical (unpaired) electrons. The van der Waals surface area contributed by atoms with Crippen molar-refractivity contribution >= 4 is 35.3 Å². The molecule has 172 valence electrons. The lowest BCUT2D eigenvalue weighted by molar-refractivity contribution is -0.384. The van der Waals surface area contributed by atoms with Crippen molar-refractivity contribution in [1.29, 1.82) is 0 Å². The first-order valence-electron chi connectivity index (χ1n) is 10.7. The summed E-state index contributed by atoms with van der Waals surface area (Å²) in [6.45, 7) is 5.67. The molecule has 1 N–H and O–H groups in total. The van der Waals surface area contributed by atoms with Crippen molar-refractivity contribution in [1.82, 2.24) is 9.88 Å². The lowest BCUT2D eigenvalue weighted by Gasteiger charge is -2.26. The van der Waals surface area contributed by atoms with E-state index in [9.17, 15) is 24.5 Å². The van der Waals surface area contributed by atoms with Gasteiger partial charge in [-0.1, -0.05) is 19.1 Å². The minimum atomic E-state index is -0.798. The van der Waals surface area contributed by atoms with Crippen LogP contribution in [0.2, 0.25) is 0 Å². The molecular formula is C25H22N4O5. The molecule has 2 aromatic carbocycles. The van der Waals surface area contributed by atoms with Crippen LogP contribution in [0.25, 0.3) is 11.8 Å². The van der Waals surface area contributed by atoms with Gasteiger partial charge < -0.3 is 4.57 Å². The van der Waals surface area contributed by atoms with E-state index in [0.717, 1.165) is 28.3 Å². The monoisotopic (exact) mass is 458 g/mol. The van der Waals surface area contributed by atoms with Crippen molar-refractivity contribution in [2.45, 2.75) is 27.2 Å². The van der Waals surface area contributed by atoms with Crippen LogP contribution in [-0.4, -0.2) is 27.3 Å². The second-order valence-electron chi connectivity index (χ2n) is 7.91. The van der Waals surface area contributed by atoms with E-state index in [1.54, 1.807) is 30.3 Å². The maximum atomic E-state index is 13.2. The smallest absolute Gasteiger partial charge is 0.318 e. The average Bonchev–Trinajstić information content (AvgIpc) is 3.09. The molecule has 34 heavy (non-hydrogen) atoms. The van der Waals surface area contributed by atoms with E-state index < -0.39 is 22.8 Å². The molecule has 0 aliphatic carbocycles. The summed E-state index contributed by atoms with van der Waals surface area (Å²) in [6, 6.07) is 14.1. The van der Waals surface area contributed by atoms with Gasteiger partial charge in [-0.2, -0.15) is 0 Å². The number of hydrogen-bond donors (Lipinski definition) is 1. The zero-order chi connectivity index (χ0) is 24.6. The second-order valence-corrected chi connectivity index (χ2v) is 7.91. The van der Waals surface area contributed by atoms with Crippen molar-refractivity contribution < 1.29 is 19.3 Å². The summed E-state index contributed by atoms with van der Waals surface area (Å²) in [5, 5.41) is 13.2. The number of nitro groups is 1. The fourth-order valence-electron chi connectivity index (χ4n) is 3.98. The van der Waals surface area contributed by atoms with Gasteiger partial charge in [0.05, 0.1) is 10.6 Å². The molecule has 1 aliphatic rings. The first-order valence-corrected chi connectivity index (χ1v) is 10.7. The molecule has 9 nitrogen and oxygen atoms in total. The topological polar surface area (TPSA) is 115 Å². The molecule has 0 bridgehead atoms. The highest BCUT2D eigenvalue weighted by molar-refractivity contribution is 6.39. The molecule has 0 unspecified atom stereocenters. The SMILES string of the molecule is CCc1ccc(N2C(=O)NC(=O)/C(=C\c3cc(C)n(-c4ccc([N+](=O)[O-])cc4)c3C)C2=O)cc1. The molecule has 3 aromatic rings. The van der Waals surface area contributed by atoms with Gasteiger partial charge in [-0.15, -0.1) is 0 Å². The van der Waals surface area contributed by atoms with Crippen LogP contribution < -0.4 is 10.2 Å². The van der Waals surface area contributed by atoms with Gasteiger partial charge in [-0.05, 0) is 67.8 Å². The van der Waals surface area contributed by atoms with Gasteiger partial charge >= 0.3 is 6.03 Å². The molecule has 1 aromatic heterocycles. The van der Waals surface area contributed by atoms with E-state index in [2.05, 4.69) is 5.32 Å². The number of benzene rings is 2. The lowest BCUT2D eigenvalue weighted by Crippen LogP contribution is -2.54. The molecule has 9 heteroatoms. The van der Waals surface area contributed by atoms with Crippen LogP contribution in [0.3, 0.4) is 0 Å². The summed E-state index contributed by atoms with van der Waals surface area (Å²) in [5.74, 6) is -1.48. The Morgan fingerprint density at radius 2 is 1.59 bits per heavy atom. The van der Waals surface area contributed by atoms with Crippen LogP contribution >= 0.6 is 0 Å². The third kappa shape index (κ3) is 3.99. The van der Waals surface area contributed by atoms with Crippen LogP contribution in [0, 0.1) is 24.0 Å². The third-order valence-electron chi connectivity index (χ3n) is 5.79. The molecule has 1 fully saturated rings. The van der Waals surface area contributed by atoms with Crippen LogP contribution in [0.5, 0.6) is 0 Å². The second kappa shape index (κ2) is 8.78. The van der Waals surface area contributed by atoms with Gasteiger partial charge in [0.25, 0.3) is 17.5 Å². The Labute approximate surface area is 195 Å². The minimum Gasteiger partial charge on any atom is -0.318 e. The predicted octanol–water partition coefficient (Wildman–Crippen LogP) is 4.23. The summed E-state index contributed by atoms with van der Waals surface area (Å²) in [7, 11) is 0. The largest absolute Gasteiger partial charge is 0.335 e. The fourth-order valence-corrected chi connectivity index (χ4v) is 3.98. The Hall–Kier alpha value is -4.53. The number of aryl methyl sites for hydroxylation is 2. The number of carbonyl (C=O) groups excluding carboxylic acids is 3. The van der Waals surface area contributed by atoms with E-state index in [-0.39, 0.29) is 11.3 Å². The molecular weight excluding hydrogens is 436 g/mol. The number of hydrogen-bond acceptors (Lipinski definition) is 5. The Kier molecular flexibility index (Phi) is 5.85. The number of nitrogens with one attached hydrogen (secondary N) is 1. The maximum absolute atomic E-state index is 13.2. The first kappa shape index (κ1) is 22.7. The number of non-ortho nitro benzene ring substituents is 1. The number of nitrogens with zero attached hydrogens (tertiary/aromatic N) is 3. The van der Waals surface area contributed by atoms with Crippen molar-refractivity contribution in [2.24, 2.45) is 0 Å². The summed E-state index contributed by atoms with van der Waals surface area (Å²) in [6.07, 6.45) is 2.27. The van der Waals surface area contributed by atoms with E-state index in [0.29, 0.717) is 16.9 Å². The summed E-state index contributed by atoms with van der Waals surface area (Å²) in [5.41, 5.74) is 4.11. The molecule has 1 aliphatic heterocycles. The highest BCUT2D eigenvalue weighted by Crippen LogP contribution is 2.27. The Bertz CT molecular complexity index is 1350. The van der Waals surface area contributed by atoms with E-state index in [1.165, 1.54) is 18.2 Å². The van der Waals surface area contributed by atoms with Gasteiger partial charge in [0, 0.05) is 29.2 Å². The van der Waals surface area contributed by atoms with Gasteiger partial charge in [-0.3, -0.25) is 25.0 Å². The van der Waals surface area contributed by atoms with Crippen molar-refractivity contribution in [2.75, 3.05) is 4.90 Å². The zero-order valence-electron chi connectivity index (χ0n) is 18.9.